The number of hydrogen-bond donors (Lipinski definition) is 0. The van der Waals surface area contributed by atoms with Crippen LogP contribution in [0.5, 0.6) is 0 Å². The molecular weight excluding hydrogens is 556 g/mol. The number of hydrogen-bond acceptors (Lipinski definition) is 4. The summed E-state index contributed by atoms with van der Waals surface area (Å²) in [6, 6.07) is 0. The largest absolute Gasteiger partial charge is 0.466 e. The van der Waals surface area contributed by atoms with Gasteiger partial charge in [-0.25, -0.2) is 0 Å². The van der Waals surface area contributed by atoms with Crippen molar-refractivity contribution in [2.24, 2.45) is 0 Å². The van der Waals surface area contributed by atoms with Gasteiger partial charge < -0.3 is 9.47 Å². The predicted octanol–water partition coefficient (Wildman–Crippen LogP) is 12.7. The Bertz CT molecular complexity index is 813. The molecule has 0 aliphatic rings. The van der Waals surface area contributed by atoms with Gasteiger partial charge in [-0.05, 0) is 97.8 Å². The minimum Gasteiger partial charge on any atom is -0.466 e. The minimum absolute atomic E-state index is 0.0111. The number of unbranched alkanes of at least 4 members (excludes halogenated alkanes) is 10. The van der Waals surface area contributed by atoms with Crippen LogP contribution in [-0.4, -0.2) is 24.6 Å². The Morgan fingerprint density at radius 2 is 0.822 bits per heavy atom. The topological polar surface area (TPSA) is 52.6 Å². The van der Waals surface area contributed by atoms with Crippen LogP contribution in [0, 0.1) is 0 Å². The number of esters is 2. The highest BCUT2D eigenvalue weighted by Gasteiger charge is 2.04. The molecule has 0 bridgehead atoms. The van der Waals surface area contributed by atoms with Crippen molar-refractivity contribution in [2.75, 3.05) is 6.61 Å². The van der Waals surface area contributed by atoms with Crippen LogP contribution in [-0.2, 0) is 19.1 Å². The lowest BCUT2D eigenvalue weighted by Gasteiger charge is -2.07. The summed E-state index contributed by atoms with van der Waals surface area (Å²) >= 11 is 0. The normalized spacial score (nSPS) is 12.0. The van der Waals surface area contributed by atoms with Crippen LogP contribution in [0.2, 0.25) is 0 Å². The molecule has 258 valence electrons. The molecule has 0 aliphatic carbocycles. The van der Waals surface area contributed by atoms with Crippen molar-refractivity contribution in [3.05, 3.63) is 72.9 Å². The van der Waals surface area contributed by atoms with Crippen LogP contribution in [0.1, 0.15) is 163 Å². The first-order valence-corrected chi connectivity index (χ1v) is 18.2. The Balaban J connectivity index is 0. The molecule has 0 saturated heterocycles. The lowest BCUT2D eigenvalue weighted by molar-refractivity contribution is -0.147. The Labute approximate surface area is 279 Å². The van der Waals surface area contributed by atoms with E-state index in [0.29, 0.717) is 19.4 Å². The van der Waals surface area contributed by atoms with Gasteiger partial charge in [-0.2, -0.15) is 0 Å². The standard InChI is InChI=1S/C21H36O2.C20H34O2/c1-4-5-6-7-8-9-10-11-12-13-14-15-16-17-18-19-21(22)23-20(2)3;1-3-5-6-7-8-9-10-11-12-13-14-15-16-17-18-19-20(21)22-4-2/h5-6,8-9,11-12,20H,4,7,10,13-19H2,1-3H3;5-6,8-9,11-12H,3-4,7,10,13-19H2,1-2H3/b2*6-5-,9-8-,12-11-. The van der Waals surface area contributed by atoms with Gasteiger partial charge in [0.2, 0.25) is 0 Å². The predicted molar refractivity (Wildman–Crippen MR) is 196 cm³/mol. The van der Waals surface area contributed by atoms with E-state index >= 15 is 0 Å². The molecule has 0 aromatic carbocycles. The van der Waals surface area contributed by atoms with Gasteiger partial charge in [-0.3, -0.25) is 9.59 Å². The summed E-state index contributed by atoms with van der Waals surface area (Å²) in [6.45, 7) is 10.4. The molecule has 0 aromatic heterocycles. The number of allylic oxidation sites excluding steroid dienone is 12. The zero-order valence-corrected chi connectivity index (χ0v) is 30.0. The maximum Gasteiger partial charge on any atom is 0.306 e. The molecule has 4 heteroatoms. The molecule has 45 heavy (non-hydrogen) atoms. The first-order chi connectivity index (χ1) is 22.0. The zero-order chi connectivity index (χ0) is 33.5. The molecular formula is C41H70O4. The van der Waals surface area contributed by atoms with Crippen LogP contribution in [0.25, 0.3) is 0 Å². The molecule has 0 N–H and O–H groups in total. The molecule has 0 rings (SSSR count). The third kappa shape index (κ3) is 43.6. The lowest BCUT2D eigenvalue weighted by Crippen LogP contribution is -2.10. The van der Waals surface area contributed by atoms with Crippen LogP contribution < -0.4 is 0 Å². The molecule has 0 fully saturated rings. The van der Waals surface area contributed by atoms with Crippen molar-refractivity contribution in [3.8, 4) is 0 Å². The Morgan fingerprint density at radius 3 is 1.22 bits per heavy atom. The molecule has 0 spiro atoms. The SMILES string of the molecule is CC/C=C\C/C=C\C/C=C\CCCCCCCC(=O)OC(C)C.CC/C=C\C/C=C\C/C=C\CCCCCCCC(=O)OCC. The summed E-state index contributed by atoms with van der Waals surface area (Å²) in [7, 11) is 0. The van der Waals surface area contributed by atoms with E-state index in [9.17, 15) is 9.59 Å². The van der Waals surface area contributed by atoms with E-state index < -0.39 is 0 Å². The van der Waals surface area contributed by atoms with Gasteiger partial charge in [0.25, 0.3) is 0 Å². The highest BCUT2D eigenvalue weighted by molar-refractivity contribution is 5.69. The van der Waals surface area contributed by atoms with Gasteiger partial charge in [0.05, 0.1) is 12.7 Å². The third-order valence-electron chi connectivity index (χ3n) is 6.74. The van der Waals surface area contributed by atoms with Crippen molar-refractivity contribution in [1.82, 2.24) is 0 Å². The second-order valence-electron chi connectivity index (χ2n) is 11.5. The van der Waals surface area contributed by atoms with Gasteiger partial charge in [-0.15, -0.1) is 0 Å². The lowest BCUT2D eigenvalue weighted by atomic mass is 10.1. The summed E-state index contributed by atoms with van der Waals surface area (Å²) in [5.74, 6) is -0.107. The van der Waals surface area contributed by atoms with E-state index in [1.54, 1.807) is 0 Å². The zero-order valence-electron chi connectivity index (χ0n) is 30.0. The third-order valence-corrected chi connectivity index (χ3v) is 6.74. The fourth-order valence-electron chi connectivity index (χ4n) is 4.33. The molecule has 0 radical (unpaired) electrons. The van der Waals surface area contributed by atoms with E-state index in [1.807, 2.05) is 20.8 Å². The van der Waals surface area contributed by atoms with Gasteiger partial charge >= 0.3 is 11.9 Å². The second kappa shape index (κ2) is 39.4. The Hall–Kier alpha value is -2.62. The van der Waals surface area contributed by atoms with Crippen molar-refractivity contribution < 1.29 is 19.1 Å². The van der Waals surface area contributed by atoms with Gasteiger partial charge in [0, 0.05) is 12.8 Å². The number of ether oxygens (including phenoxy) is 2. The number of carbonyl (C=O) groups excluding carboxylic acids is 2. The fraction of sp³-hybridized carbons (Fsp3) is 0.659. The smallest absolute Gasteiger partial charge is 0.306 e. The van der Waals surface area contributed by atoms with Crippen molar-refractivity contribution in [2.45, 2.75) is 169 Å². The van der Waals surface area contributed by atoms with Gasteiger partial charge in [0.15, 0.2) is 0 Å². The summed E-state index contributed by atoms with van der Waals surface area (Å²) in [6.07, 6.45) is 48.3. The fourth-order valence-corrected chi connectivity index (χ4v) is 4.33. The molecule has 4 nitrogen and oxygen atoms in total. The van der Waals surface area contributed by atoms with E-state index in [0.717, 1.165) is 64.2 Å². The van der Waals surface area contributed by atoms with Crippen LogP contribution in [0.3, 0.4) is 0 Å². The quantitative estimate of drug-likeness (QED) is 0.0492. The van der Waals surface area contributed by atoms with Crippen molar-refractivity contribution >= 4 is 11.9 Å². The van der Waals surface area contributed by atoms with E-state index in [1.165, 1.54) is 51.4 Å². The maximum atomic E-state index is 11.3. The highest BCUT2D eigenvalue weighted by atomic mass is 16.5. The summed E-state index contributed by atoms with van der Waals surface area (Å²) in [4.78, 5) is 22.5. The molecule has 0 atom stereocenters. The number of rotatable bonds is 28. The molecule has 0 saturated carbocycles. The first-order valence-electron chi connectivity index (χ1n) is 18.2. The van der Waals surface area contributed by atoms with Gasteiger partial charge in [0.1, 0.15) is 0 Å². The molecule has 0 amide bonds. The van der Waals surface area contributed by atoms with Crippen molar-refractivity contribution in [3.63, 3.8) is 0 Å². The second-order valence-corrected chi connectivity index (χ2v) is 11.5. The molecule has 0 unspecified atom stereocenters. The number of carbonyl (C=O) groups is 2. The van der Waals surface area contributed by atoms with Crippen molar-refractivity contribution in [1.29, 1.82) is 0 Å². The average Bonchev–Trinajstić information content (AvgIpc) is 3.01. The average molecular weight is 627 g/mol. The minimum atomic E-state index is -0.0545. The van der Waals surface area contributed by atoms with Crippen LogP contribution in [0.15, 0.2) is 72.9 Å². The monoisotopic (exact) mass is 627 g/mol. The van der Waals surface area contributed by atoms with Crippen LogP contribution in [0.4, 0.5) is 0 Å². The van der Waals surface area contributed by atoms with E-state index in [4.69, 9.17) is 9.47 Å². The highest BCUT2D eigenvalue weighted by Crippen LogP contribution is 2.10. The Morgan fingerprint density at radius 1 is 0.467 bits per heavy atom. The molecule has 0 aliphatic heterocycles. The summed E-state index contributed by atoms with van der Waals surface area (Å²) in [5.41, 5.74) is 0. The molecule has 0 heterocycles. The molecule has 0 aromatic rings. The van der Waals surface area contributed by atoms with E-state index in [2.05, 4.69) is 86.8 Å². The summed E-state index contributed by atoms with van der Waals surface area (Å²) < 4.78 is 10.0. The maximum absolute atomic E-state index is 11.3. The summed E-state index contributed by atoms with van der Waals surface area (Å²) in [5, 5.41) is 0. The van der Waals surface area contributed by atoms with Gasteiger partial charge in [-0.1, -0.05) is 125 Å². The van der Waals surface area contributed by atoms with E-state index in [-0.39, 0.29) is 18.0 Å². The first kappa shape index (κ1) is 44.5. The Kier molecular flexibility index (Phi) is 39.0. The van der Waals surface area contributed by atoms with Crippen LogP contribution >= 0.6 is 0 Å².